The second kappa shape index (κ2) is 8.04. The monoisotopic (exact) mass is 387 g/mol. The van der Waals surface area contributed by atoms with Crippen LogP contribution >= 0.6 is 34.5 Å². The van der Waals surface area contributed by atoms with E-state index < -0.39 is 0 Å². The van der Waals surface area contributed by atoms with Crippen LogP contribution in [0.4, 0.5) is 5.00 Å². The van der Waals surface area contributed by atoms with Gasteiger partial charge in [-0.2, -0.15) is 0 Å². The fourth-order valence-corrected chi connectivity index (χ4v) is 4.97. The highest BCUT2D eigenvalue weighted by Gasteiger charge is 2.21. The largest absolute Gasteiger partial charge is 0.373 e. The quantitative estimate of drug-likeness (QED) is 0.761. The van der Waals surface area contributed by atoms with Crippen LogP contribution in [0.2, 0.25) is 9.49 Å². The van der Waals surface area contributed by atoms with E-state index in [0.29, 0.717) is 16.0 Å². The number of anilines is 1. The topological polar surface area (TPSA) is 68.8 Å². The van der Waals surface area contributed by atoms with Gasteiger partial charge in [-0.3, -0.25) is 0 Å². The second-order valence-electron chi connectivity index (χ2n) is 6.47. The molecule has 8 heteroatoms. The van der Waals surface area contributed by atoms with E-state index in [-0.39, 0.29) is 6.04 Å². The Balaban J connectivity index is 1.71. The molecule has 24 heavy (non-hydrogen) atoms. The van der Waals surface area contributed by atoms with Gasteiger partial charge in [-0.25, -0.2) is 4.68 Å². The van der Waals surface area contributed by atoms with Gasteiger partial charge in [0.15, 0.2) is 5.15 Å². The van der Waals surface area contributed by atoms with Gasteiger partial charge >= 0.3 is 0 Å². The summed E-state index contributed by atoms with van der Waals surface area (Å²) in [4.78, 5) is 0. The summed E-state index contributed by atoms with van der Waals surface area (Å²) in [6, 6.07) is 2.29. The smallest absolute Gasteiger partial charge is 0.179 e. The molecule has 1 aliphatic carbocycles. The normalized spacial score (nSPS) is 17.2. The molecular weight excluding hydrogens is 365 g/mol. The summed E-state index contributed by atoms with van der Waals surface area (Å²) >= 11 is 14.1. The van der Waals surface area contributed by atoms with Gasteiger partial charge in [0.1, 0.15) is 10.0 Å². The van der Waals surface area contributed by atoms with Gasteiger partial charge in [-0.1, -0.05) is 60.5 Å². The van der Waals surface area contributed by atoms with Crippen LogP contribution in [0.15, 0.2) is 6.07 Å². The summed E-state index contributed by atoms with van der Waals surface area (Å²) in [6.45, 7) is 0.620. The van der Waals surface area contributed by atoms with E-state index in [9.17, 15) is 0 Å². The number of nitrogens with zero attached hydrogens (tertiary/aromatic N) is 3. The maximum atomic E-state index is 6.42. The number of aromatic nitrogens is 3. The summed E-state index contributed by atoms with van der Waals surface area (Å²) in [6.07, 6.45) is 7.84. The molecular formula is C16H23Cl2N5S. The molecule has 3 rings (SSSR count). The standard InChI is InChI=1S/C16H23Cl2N5S/c1-23-14(15(17)21-22-23)12-8-13(24-16(12)18)20-11(9-19)7-10-5-3-2-4-6-10/h8,10-11,20H,2-7,9,19H2,1H3/t11-/m0/s1. The molecule has 0 radical (unpaired) electrons. The van der Waals surface area contributed by atoms with Gasteiger partial charge in [0.25, 0.3) is 0 Å². The van der Waals surface area contributed by atoms with Crippen molar-refractivity contribution in [2.45, 2.75) is 44.6 Å². The zero-order chi connectivity index (χ0) is 17.1. The molecule has 0 aromatic carbocycles. The summed E-state index contributed by atoms with van der Waals surface area (Å²) in [5.74, 6) is 0.783. The van der Waals surface area contributed by atoms with Crippen LogP contribution in [0.5, 0.6) is 0 Å². The zero-order valence-corrected chi connectivity index (χ0v) is 16.1. The minimum absolute atomic E-state index is 0.274. The molecule has 2 heterocycles. The highest BCUT2D eigenvalue weighted by atomic mass is 35.5. The van der Waals surface area contributed by atoms with Gasteiger partial charge in [0, 0.05) is 25.2 Å². The number of thiophene rings is 1. The number of halogens is 2. The molecule has 0 unspecified atom stereocenters. The molecule has 0 bridgehead atoms. The zero-order valence-electron chi connectivity index (χ0n) is 13.8. The molecule has 1 saturated carbocycles. The van der Waals surface area contributed by atoms with Crippen LogP contribution in [0.25, 0.3) is 11.3 Å². The van der Waals surface area contributed by atoms with E-state index in [0.717, 1.165) is 28.6 Å². The predicted octanol–water partition coefficient (Wildman–Crippen LogP) is 4.56. The molecule has 0 spiro atoms. The minimum Gasteiger partial charge on any atom is -0.373 e. The van der Waals surface area contributed by atoms with Crippen LogP contribution < -0.4 is 11.1 Å². The van der Waals surface area contributed by atoms with E-state index in [1.807, 2.05) is 6.07 Å². The van der Waals surface area contributed by atoms with Crippen molar-refractivity contribution in [1.82, 2.24) is 15.0 Å². The third-order valence-electron chi connectivity index (χ3n) is 4.70. The lowest BCUT2D eigenvalue weighted by molar-refractivity contribution is 0.325. The maximum Gasteiger partial charge on any atom is 0.179 e. The highest BCUT2D eigenvalue weighted by Crippen LogP contribution is 2.41. The number of rotatable bonds is 6. The molecule has 132 valence electrons. The Hall–Kier alpha value is -0.820. The Bertz CT molecular complexity index is 659. The molecule has 0 amide bonds. The predicted molar refractivity (Wildman–Crippen MR) is 102 cm³/mol. The summed E-state index contributed by atoms with van der Waals surface area (Å²) in [5.41, 5.74) is 7.58. The third kappa shape index (κ3) is 4.04. The van der Waals surface area contributed by atoms with E-state index >= 15 is 0 Å². The van der Waals surface area contributed by atoms with E-state index in [2.05, 4.69) is 15.6 Å². The molecule has 1 fully saturated rings. The van der Waals surface area contributed by atoms with Crippen LogP contribution in [0.3, 0.4) is 0 Å². The lowest BCUT2D eigenvalue weighted by atomic mass is 9.85. The van der Waals surface area contributed by atoms with Crippen molar-refractivity contribution in [3.8, 4) is 11.3 Å². The van der Waals surface area contributed by atoms with Crippen molar-refractivity contribution in [2.75, 3.05) is 11.9 Å². The first-order chi connectivity index (χ1) is 11.6. The Morgan fingerprint density at radius 1 is 1.38 bits per heavy atom. The minimum atomic E-state index is 0.274. The van der Waals surface area contributed by atoms with Gasteiger partial charge < -0.3 is 11.1 Å². The SMILES string of the molecule is Cn1nnc(Cl)c1-c1cc(N[C@H](CN)CC2CCCCC2)sc1Cl. The maximum absolute atomic E-state index is 6.42. The van der Waals surface area contributed by atoms with Crippen molar-refractivity contribution in [2.24, 2.45) is 18.7 Å². The van der Waals surface area contributed by atoms with Crippen molar-refractivity contribution < 1.29 is 0 Å². The molecule has 2 aromatic rings. The van der Waals surface area contributed by atoms with Crippen LogP contribution in [-0.4, -0.2) is 27.6 Å². The molecule has 0 saturated heterocycles. The Labute approximate surface area is 156 Å². The van der Waals surface area contributed by atoms with E-state index in [1.165, 1.54) is 43.4 Å². The van der Waals surface area contributed by atoms with Crippen LogP contribution in [0.1, 0.15) is 38.5 Å². The molecule has 2 aromatic heterocycles. The lowest BCUT2D eigenvalue weighted by Crippen LogP contribution is -2.31. The first kappa shape index (κ1) is 18.0. The Morgan fingerprint density at radius 2 is 2.12 bits per heavy atom. The molecule has 1 atom stereocenters. The molecule has 0 aliphatic heterocycles. The van der Waals surface area contributed by atoms with Crippen molar-refractivity contribution in [3.63, 3.8) is 0 Å². The number of nitrogens with two attached hydrogens (primary N) is 1. The van der Waals surface area contributed by atoms with Gasteiger partial charge in [-0.15, -0.1) is 16.4 Å². The van der Waals surface area contributed by atoms with E-state index in [4.69, 9.17) is 28.9 Å². The number of hydrogen-bond acceptors (Lipinski definition) is 5. The summed E-state index contributed by atoms with van der Waals surface area (Å²) < 4.78 is 2.32. The fourth-order valence-electron chi connectivity index (χ4n) is 3.46. The number of aryl methyl sites for hydroxylation is 1. The Kier molecular flexibility index (Phi) is 6.02. The first-order valence-electron chi connectivity index (χ1n) is 8.40. The van der Waals surface area contributed by atoms with E-state index in [1.54, 1.807) is 11.7 Å². The fraction of sp³-hybridized carbons (Fsp3) is 0.625. The van der Waals surface area contributed by atoms with Crippen molar-refractivity contribution >= 4 is 39.5 Å². The van der Waals surface area contributed by atoms with Gasteiger partial charge in [0.2, 0.25) is 0 Å². The van der Waals surface area contributed by atoms with Crippen molar-refractivity contribution in [3.05, 3.63) is 15.6 Å². The Morgan fingerprint density at radius 3 is 2.75 bits per heavy atom. The van der Waals surface area contributed by atoms with Crippen LogP contribution in [-0.2, 0) is 7.05 Å². The lowest BCUT2D eigenvalue weighted by Gasteiger charge is -2.26. The van der Waals surface area contributed by atoms with Crippen LogP contribution in [0, 0.1) is 5.92 Å². The number of nitrogens with one attached hydrogen (secondary N) is 1. The summed E-state index contributed by atoms with van der Waals surface area (Å²) in [5, 5.41) is 12.7. The second-order valence-corrected chi connectivity index (χ2v) is 8.48. The first-order valence-corrected chi connectivity index (χ1v) is 9.97. The molecule has 1 aliphatic rings. The third-order valence-corrected chi connectivity index (χ3v) is 6.25. The highest BCUT2D eigenvalue weighted by molar-refractivity contribution is 7.20. The average Bonchev–Trinajstić information content (AvgIpc) is 3.09. The molecule has 5 nitrogen and oxygen atoms in total. The average molecular weight is 388 g/mol. The molecule has 3 N–H and O–H groups in total. The number of hydrogen-bond donors (Lipinski definition) is 2. The van der Waals surface area contributed by atoms with Gasteiger partial charge in [0.05, 0.1) is 5.00 Å². The van der Waals surface area contributed by atoms with Crippen molar-refractivity contribution in [1.29, 1.82) is 0 Å². The van der Waals surface area contributed by atoms with Gasteiger partial charge in [-0.05, 0) is 18.4 Å². The summed E-state index contributed by atoms with van der Waals surface area (Å²) in [7, 11) is 1.81.